The minimum absolute atomic E-state index is 0.0314. The first-order chi connectivity index (χ1) is 9.61. The van der Waals surface area contributed by atoms with Crippen LogP contribution in [-0.2, 0) is 5.54 Å². The quantitative estimate of drug-likeness (QED) is 0.839. The normalized spacial score (nSPS) is 13.8. The largest absolute Gasteiger partial charge is 0.394 e. The van der Waals surface area contributed by atoms with Gasteiger partial charge in [0.1, 0.15) is 0 Å². The lowest BCUT2D eigenvalue weighted by molar-refractivity contribution is 0.207. The highest BCUT2D eigenvalue weighted by atomic mass is 35.5. The molecule has 2 aromatic rings. The lowest BCUT2D eigenvalue weighted by Crippen LogP contribution is -2.38. The molecule has 2 nitrogen and oxygen atoms in total. The van der Waals surface area contributed by atoms with Crippen LogP contribution in [0, 0.1) is 0 Å². The second-order valence-corrected chi connectivity index (χ2v) is 5.55. The SMILES string of the molecule is CCC(CO)(Nc1ccccc1Cl)c1ccc(Cl)cc1. The molecule has 0 amide bonds. The highest BCUT2D eigenvalue weighted by Gasteiger charge is 2.30. The third kappa shape index (κ3) is 3.09. The van der Waals surface area contributed by atoms with E-state index in [4.69, 9.17) is 23.2 Å². The van der Waals surface area contributed by atoms with E-state index >= 15 is 0 Å². The van der Waals surface area contributed by atoms with Crippen molar-refractivity contribution in [2.75, 3.05) is 11.9 Å². The summed E-state index contributed by atoms with van der Waals surface area (Å²) in [4.78, 5) is 0. The van der Waals surface area contributed by atoms with Gasteiger partial charge in [-0.1, -0.05) is 54.4 Å². The van der Waals surface area contributed by atoms with Gasteiger partial charge in [-0.25, -0.2) is 0 Å². The Hall–Kier alpha value is -1.22. The number of hydrogen-bond donors (Lipinski definition) is 2. The van der Waals surface area contributed by atoms with Gasteiger partial charge in [0.25, 0.3) is 0 Å². The Kier molecular flexibility index (Phi) is 4.92. The number of para-hydroxylation sites is 1. The number of nitrogens with one attached hydrogen (secondary N) is 1. The van der Waals surface area contributed by atoms with Gasteiger partial charge >= 0.3 is 0 Å². The summed E-state index contributed by atoms with van der Waals surface area (Å²) in [6.45, 7) is 1.99. The van der Waals surface area contributed by atoms with Crippen LogP contribution in [0.4, 0.5) is 5.69 Å². The zero-order valence-corrected chi connectivity index (χ0v) is 12.7. The van der Waals surface area contributed by atoms with Gasteiger partial charge in [-0.05, 0) is 36.2 Å². The summed E-state index contributed by atoms with van der Waals surface area (Å²) in [5, 5.41) is 14.6. The molecule has 0 saturated heterocycles. The van der Waals surface area contributed by atoms with Gasteiger partial charge in [-0.2, -0.15) is 0 Å². The van der Waals surface area contributed by atoms with Crippen molar-refractivity contribution in [1.82, 2.24) is 0 Å². The Morgan fingerprint density at radius 1 is 1.05 bits per heavy atom. The van der Waals surface area contributed by atoms with E-state index in [0.29, 0.717) is 10.0 Å². The number of hydrogen-bond acceptors (Lipinski definition) is 2. The smallest absolute Gasteiger partial charge is 0.0854 e. The highest BCUT2D eigenvalue weighted by Crippen LogP contribution is 2.33. The molecule has 2 N–H and O–H groups in total. The number of halogens is 2. The van der Waals surface area contributed by atoms with Crippen molar-refractivity contribution in [2.45, 2.75) is 18.9 Å². The average Bonchev–Trinajstić information content (AvgIpc) is 2.48. The van der Waals surface area contributed by atoms with Crippen LogP contribution in [0.15, 0.2) is 48.5 Å². The molecule has 1 unspecified atom stereocenters. The van der Waals surface area contributed by atoms with Gasteiger partial charge in [0.2, 0.25) is 0 Å². The Balaban J connectivity index is 2.39. The van der Waals surface area contributed by atoms with Crippen molar-refractivity contribution in [3.8, 4) is 0 Å². The van der Waals surface area contributed by atoms with E-state index in [9.17, 15) is 5.11 Å². The topological polar surface area (TPSA) is 32.3 Å². The van der Waals surface area contributed by atoms with Gasteiger partial charge in [0.15, 0.2) is 0 Å². The molecule has 0 fully saturated rings. The maximum Gasteiger partial charge on any atom is 0.0854 e. The van der Waals surface area contributed by atoms with Crippen molar-refractivity contribution in [2.24, 2.45) is 0 Å². The van der Waals surface area contributed by atoms with E-state index in [1.54, 1.807) is 0 Å². The predicted octanol–water partition coefficient (Wildman–Crippen LogP) is 4.70. The van der Waals surface area contributed by atoms with Gasteiger partial charge in [-0.3, -0.25) is 0 Å². The molecule has 0 heterocycles. The van der Waals surface area contributed by atoms with Crippen LogP contribution in [0.3, 0.4) is 0 Å². The Morgan fingerprint density at radius 2 is 1.70 bits per heavy atom. The summed E-state index contributed by atoms with van der Waals surface area (Å²) < 4.78 is 0. The Labute approximate surface area is 129 Å². The van der Waals surface area contributed by atoms with Crippen molar-refractivity contribution >= 4 is 28.9 Å². The van der Waals surface area contributed by atoms with Crippen LogP contribution in [0.1, 0.15) is 18.9 Å². The van der Waals surface area contributed by atoms with E-state index < -0.39 is 5.54 Å². The molecule has 0 saturated carbocycles. The van der Waals surface area contributed by atoms with Crippen molar-refractivity contribution in [1.29, 1.82) is 0 Å². The van der Waals surface area contributed by atoms with Gasteiger partial charge in [-0.15, -0.1) is 0 Å². The monoisotopic (exact) mass is 309 g/mol. The molecule has 0 spiro atoms. The van der Waals surface area contributed by atoms with Crippen molar-refractivity contribution in [3.63, 3.8) is 0 Å². The van der Waals surface area contributed by atoms with Crippen LogP contribution in [-0.4, -0.2) is 11.7 Å². The number of aliphatic hydroxyl groups excluding tert-OH is 1. The average molecular weight is 310 g/mol. The summed E-state index contributed by atoms with van der Waals surface area (Å²) in [6, 6.07) is 15.0. The summed E-state index contributed by atoms with van der Waals surface area (Å²) in [7, 11) is 0. The molecule has 1 atom stereocenters. The fraction of sp³-hybridized carbons (Fsp3) is 0.250. The van der Waals surface area contributed by atoms with E-state index in [-0.39, 0.29) is 6.61 Å². The molecule has 0 aromatic heterocycles. The first kappa shape index (κ1) is 15.2. The van der Waals surface area contributed by atoms with Gasteiger partial charge in [0.05, 0.1) is 22.9 Å². The van der Waals surface area contributed by atoms with E-state index in [2.05, 4.69) is 5.32 Å². The zero-order chi connectivity index (χ0) is 14.6. The molecule has 0 bridgehead atoms. The molecular formula is C16H17Cl2NO. The van der Waals surface area contributed by atoms with Crippen molar-refractivity contribution in [3.05, 3.63) is 64.1 Å². The fourth-order valence-electron chi connectivity index (χ4n) is 2.20. The lowest BCUT2D eigenvalue weighted by atomic mass is 9.87. The van der Waals surface area contributed by atoms with Crippen LogP contribution in [0.25, 0.3) is 0 Å². The minimum Gasteiger partial charge on any atom is -0.394 e. The van der Waals surface area contributed by atoms with Crippen LogP contribution < -0.4 is 5.32 Å². The second-order valence-electron chi connectivity index (χ2n) is 4.71. The number of benzene rings is 2. The Morgan fingerprint density at radius 3 is 2.25 bits per heavy atom. The molecule has 2 rings (SSSR count). The summed E-state index contributed by atoms with van der Waals surface area (Å²) in [5.41, 5.74) is 1.21. The fourth-order valence-corrected chi connectivity index (χ4v) is 2.51. The van der Waals surface area contributed by atoms with Crippen LogP contribution in [0.5, 0.6) is 0 Å². The van der Waals surface area contributed by atoms with Gasteiger partial charge in [0, 0.05) is 5.02 Å². The molecule has 0 radical (unpaired) electrons. The van der Waals surface area contributed by atoms with Crippen LogP contribution >= 0.6 is 23.2 Å². The van der Waals surface area contributed by atoms with E-state index in [1.807, 2.05) is 55.5 Å². The highest BCUT2D eigenvalue weighted by molar-refractivity contribution is 6.33. The third-order valence-corrected chi connectivity index (χ3v) is 4.10. The molecule has 106 valence electrons. The molecule has 4 heteroatoms. The zero-order valence-electron chi connectivity index (χ0n) is 11.2. The maximum absolute atomic E-state index is 9.91. The Bertz CT molecular complexity index is 565. The molecule has 20 heavy (non-hydrogen) atoms. The molecule has 2 aromatic carbocycles. The predicted molar refractivity (Wildman–Crippen MR) is 85.6 cm³/mol. The lowest BCUT2D eigenvalue weighted by Gasteiger charge is -2.34. The summed E-state index contributed by atoms with van der Waals surface area (Å²) in [5.74, 6) is 0. The van der Waals surface area contributed by atoms with Gasteiger partial charge < -0.3 is 10.4 Å². The molecule has 0 aliphatic carbocycles. The molecule has 0 aliphatic rings. The molecular weight excluding hydrogens is 293 g/mol. The van der Waals surface area contributed by atoms with Crippen molar-refractivity contribution < 1.29 is 5.11 Å². The maximum atomic E-state index is 9.91. The van der Waals surface area contributed by atoms with Crippen LogP contribution in [0.2, 0.25) is 10.0 Å². The first-order valence-electron chi connectivity index (χ1n) is 6.51. The minimum atomic E-state index is -0.574. The number of anilines is 1. The first-order valence-corrected chi connectivity index (χ1v) is 7.26. The summed E-state index contributed by atoms with van der Waals surface area (Å²) in [6.07, 6.45) is 0.719. The molecule has 0 aliphatic heterocycles. The second kappa shape index (κ2) is 6.49. The third-order valence-electron chi connectivity index (χ3n) is 3.52. The van der Waals surface area contributed by atoms with E-state index in [1.165, 1.54) is 0 Å². The number of rotatable bonds is 5. The van der Waals surface area contributed by atoms with E-state index in [0.717, 1.165) is 17.7 Å². The summed E-state index contributed by atoms with van der Waals surface area (Å²) >= 11 is 12.1. The standard InChI is InChI=1S/C16H17Cl2NO/c1-2-16(11-20,12-7-9-13(17)10-8-12)19-15-6-4-3-5-14(15)18/h3-10,19-20H,2,11H2,1H3. The number of aliphatic hydroxyl groups is 1.